The summed E-state index contributed by atoms with van der Waals surface area (Å²) in [5.41, 5.74) is 2.08. The van der Waals surface area contributed by atoms with E-state index in [4.69, 9.17) is 16.3 Å². The highest BCUT2D eigenvalue weighted by Gasteiger charge is 2.48. The third-order valence-corrected chi connectivity index (χ3v) is 8.13. The predicted molar refractivity (Wildman–Crippen MR) is 138 cm³/mol. The van der Waals surface area contributed by atoms with Gasteiger partial charge in [-0.3, -0.25) is 15.5 Å². The van der Waals surface area contributed by atoms with Crippen LogP contribution in [0.4, 0.5) is 4.79 Å². The average Bonchev–Trinajstić information content (AvgIpc) is 3.10. The normalized spacial score (nSPS) is 29.3. The number of benzene rings is 1. The van der Waals surface area contributed by atoms with E-state index in [0.717, 1.165) is 63.6 Å². The van der Waals surface area contributed by atoms with Crippen LogP contribution in [0.1, 0.15) is 45.1 Å². The van der Waals surface area contributed by atoms with Crippen LogP contribution in [0.5, 0.6) is 0 Å². The summed E-state index contributed by atoms with van der Waals surface area (Å²) in [6, 6.07) is 8.80. The summed E-state index contributed by atoms with van der Waals surface area (Å²) in [6.07, 6.45) is 6.25. The van der Waals surface area contributed by atoms with Crippen LogP contribution in [0.15, 0.2) is 36.0 Å². The van der Waals surface area contributed by atoms with Crippen molar-refractivity contribution in [3.8, 4) is 0 Å². The minimum absolute atomic E-state index is 0.00375. The highest BCUT2D eigenvalue weighted by molar-refractivity contribution is 6.30. The number of carbonyl (C=O) groups excluding carboxylic acids is 1. The second-order valence-corrected chi connectivity index (χ2v) is 11.2. The van der Waals surface area contributed by atoms with Gasteiger partial charge >= 0.3 is 6.03 Å². The van der Waals surface area contributed by atoms with Gasteiger partial charge in [-0.1, -0.05) is 23.7 Å². The maximum absolute atomic E-state index is 13.5. The first kappa shape index (κ1) is 24.8. The van der Waals surface area contributed by atoms with E-state index < -0.39 is 0 Å². The Hall–Kier alpha value is -1.84. The zero-order valence-electron chi connectivity index (χ0n) is 20.9. The van der Waals surface area contributed by atoms with Crippen molar-refractivity contribution in [1.82, 2.24) is 31.1 Å². The smallest absolute Gasteiger partial charge is 0.318 e. The van der Waals surface area contributed by atoms with Gasteiger partial charge in [0.1, 0.15) is 6.29 Å². The van der Waals surface area contributed by atoms with Crippen LogP contribution in [-0.4, -0.2) is 78.6 Å². The van der Waals surface area contributed by atoms with Crippen LogP contribution in [0.3, 0.4) is 0 Å². The van der Waals surface area contributed by atoms with Crippen LogP contribution in [0.25, 0.3) is 0 Å². The number of hydrogen-bond donors (Lipinski definition) is 4. The van der Waals surface area contributed by atoms with E-state index in [1.54, 1.807) is 0 Å². The molecule has 0 bridgehead atoms. The largest absolute Gasteiger partial charge is 0.381 e. The molecule has 2 amide bonds. The Balaban J connectivity index is 1.16. The first-order valence-electron chi connectivity index (χ1n) is 13.0. The number of ether oxygens (including phenoxy) is 1. The molecular formula is C26H39ClN6O2. The molecule has 0 saturated carbocycles. The molecule has 3 saturated heterocycles. The van der Waals surface area contributed by atoms with Crippen LogP contribution < -0.4 is 21.3 Å². The van der Waals surface area contributed by atoms with Gasteiger partial charge < -0.3 is 20.3 Å². The van der Waals surface area contributed by atoms with E-state index >= 15 is 0 Å². The molecule has 0 radical (unpaired) electrons. The van der Waals surface area contributed by atoms with Gasteiger partial charge in [-0.2, -0.15) is 0 Å². The summed E-state index contributed by atoms with van der Waals surface area (Å²) < 4.78 is 5.48. The molecule has 1 aromatic rings. The lowest BCUT2D eigenvalue weighted by Gasteiger charge is -2.37. The van der Waals surface area contributed by atoms with Gasteiger partial charge in [0.15, 0.2) is 0 Å². The minimum atomic E-state index is -0.354. The van der Waals surface area contributed by atoms with Gasteiger partial charge in [-0.25, -0.2) is 4.79 Å². The lowest BCUT2D eigenvalue weighted by molar-refractivity contribution is 0.0715. The number of nitrogens with zero attached hydrogens (tertiary/aromatic N) is 2. The molecule has 35 heavy (non-hydrogen) atoms. The Morgan fingerprint density at radius 1 is 1.20 bits per heavy atom. The second kappa shape index (κ2) is 10.6. The molecule has 3 atom stereocenters. The van der Waals surface area contributed by atoms with Crippen LogP contribution >= 0.6 is 11.6 Å². The number of fused-ring (bicyclic) bond motifs is 1. The molecule has 0 spiro atoms. The van der Waals surface area contributed by atoms with Gasteiger partial charge in [0.05, 0.1) is 11.6 Å². The Morgan fingerprint density at radius 3 is 2.83 bits per heavy atom. The van der Waals surface area contributed by atoms with Gasteiger partial charge in [0, 0.05) is 56.2 Å². The van der Waals surface area contributed by atoms with Crippen LogP contribution in [0.2, 0.25) is 5.02 Å². The van der Waals surface area contributed by atoms with Gasteiger partial charge in [0.25, 0.3) is 0 Å². The number of hydrogen-bond acceptors (Lipinski definition) is 6. The van der Waals surface area contributed by atoms with Gasteiger partial charge in [-0.05, 0) is 69.3 Å². The number of halogens is 1. The SMILES string of the molecule is CC1(C)C2=CNC(NC3CCOCC3)N[C@H]2CN1C(=O)N[C@@H]1CCCN(Cc2cccc(Cl)c2)C1. The summed E-state index contributed by atoms with van der Waals surface area (Å²) in [6.45, 7) is 9.32. The van der Waals surface area contributed by atoms with Crippen LogP contribution in [0, 0.1) is 0 Å². The maximum Gasteiger partial charge on any atom is 0.318 e. The fourth-order valence-corrected chi connectivity index (χ4v) is 6.14. The minimum Gasteiger partial charge on any atom is -0.381 e. The van der Waals surface area contributed by atoms with Crippen molar-refractivity contribution in [3.05, 3.63) is 46.6 Å². The molecule has 0 aromatic heterocycles. The summed E-state index contributed by atoms with van der Waals surface area (Å²) in [4.78, 5) is 17.9. The van der Waals surface area contributed by atoms with E-state index in [9.17, 15) is 4.79 Å². The van der Waals surface area contributed by atoms with E-state index in [2.05, 4.69) is 52.3 Å². The van der Waals surface area contributed by atoms with Crippen LogP contribution in [-0.2, 0) is 11.3 Å². The van der Waals surface area contributed by atoms with Crippen molar-refractivity contribution in [2.75, 3.05) is 32.8 Å². The van der Waals surface area contributed by atoms with Crippen molar-refractivity contribution < 1.29 is 9.53 Å². The molecule has 0 aliphatic carbocycles. The average molecular weight is 503 g/mol. The Bertz CT molecular complexity index is 934. The van der Waals surface area contributed by atoms with E-state index in [1.807, 2.05) is 23.1 Å². The van der Waals surface area contributed by atoms with Crippen molar-refractivity contribution >= 4 is 17.6 Å². The van der Waals surface area contributed by atoms with E-state index in [0.29, 0.717) is 12.6 Å². The summed E-state index contributed by atoms with van der Waals surface area (Å²) in [5.74, 6) is 0. The Morgan fingerprint density at radius 2 is 2.03 bits per heavy atom. The molecule has 1 aromatic carbocycles. The molecule has 3 fully saturated rings. The number of piperidine rings is 1. The number of urea groups is 1. The quantitative estimate of drug-likeness (QED) is 0.495. The lowest BCUT2D eigenvalue weighted by Crippen LogP contribution is -2.61. The Labute approximate surface area is 213 Å². The number of rotatable bonds is 5. The fourth-order valence-electron chi connectivity index (χ4n) is 5.93. The molecule has 4 aliphatic heterocycles. The monoisotopic (exact) mass is 502 g/mol. The van der Waals surface area contributed by atoms with Gasteiger partial charge in [-0.15, -0.1) is 0 Å². The third kappa shape index (κ3) is 5.78. The molecule has 192 valence electrons. The van der Waals surface area contributed by atoms with Crippen molar-refractivity contribution in [3.63, 3.8) is 0 Å². The summed E-state index contributed by atoms with van der Waals surface area (Å²) >= 11 is 6.16. The molecule has 5 rings (SSSR count). The van der Waals surface area contributed by atoms with Gasteiger partial charge in [0.2, 0.25) is 0 Å². The molecule has 4 aliphatic rings. The van der Waals surface area contributed by atoms with Crippen molar-refractivity contribution in [2.45, 2.75) is 76.0 Å². The van der Waals surface area contributed by atoms with Crippen molar-refractivity contribution in [1.29, 1.82) is 0 Å². The lowest BCUT2D eigenvalue weighted by atomic mass is 9.92. The number of carbonyl (C=O) groups is 1. The highest BCUT2D eigenvalue weighted by atomic mass is 35.5. The molecule has 4 heterocycles. The zero-order chi connectivity index (χ0) is 24.4. The first-order chi connectivity index (χ1) is 16.9. The Kier molecular flexibility index (Phi) is 7.55. The number of likely N-dealkylation sites (tertiary alicyclic amines) is 2. The van der Waals surface area contributed by atoms with E-state index in [-0.39, 0.29) is 29.9 Å². The molecule has 1 unspecified atom stereocenters. The summed E-state index contributed by atoms with van der Waals surface area (Å²) in [7, 11) is 0. The predicted octanol–water partition coefficient (Wildman–Crippen LogP) is 2.61. The molecule has 4 N–H and O–H groups in total. The maximum atomic E-state index is 13.5. The fraction of sp³-hybridized carbons (Fsp3) is 0.654. The van der Waals surface area contributed by atoms with Crippen molar-refractivity contribution in [2.24, 2.45) is 0 Å². The van der Waals surface area contributed by atoms with E-state index in [1.165, 1.54) is 11.1 Å². The molecule has 9 heteroatoms. The molecular weight excluding hydrogens is 464 g/mol. The first-order valence-corrected chi connectivity index (χ1v) is 13.4. The zero-order valence-corrected chi connectivity index (χ0v) is 21.6. The highest BCUT2D eigenvalue weighted by Crippen LogP contribution is 2.35. The third-order valence-electron chi connectivity index (χ3n) is 7.89. The number of amides is 2. The number of nitrogens with one attached hydrogen (secondary N) is 4. The second-order valence-electron chi connectivity index (χ2n) is 10.8. The topological polar surface area (TPSA) is 80.9 Å². The molecule has 8 nitrogen and oxygen atoms in total. The summed E-state index contributed by atoms with van der Waals surface area (Å²) in [5, 5.41) is 14.9. The standard InChI is InChI=1S/C26H39ClN6O2/c1-26(2)22-14-28-24(29-20-8-11-35-12-9-20)31-23(22)17-33(26)25(34)30-21-7-4-10-32(16-21)15-18-5-3-6-19(27)13-18/h3,5-6,13-14,20-21,23-24,28-29,31H,4,7-12,15-17H2,1-2H3,(H,30,34)/t21-,23+,24?/m1/s1.